The van der Waals surface area contributed by atoms with E-state index < -0.39 is 11.9 Å². The van der Waals surface area contributed by atoms with E-state index in [9.17, 15) is 14.0 Å². The average Bonchev–Trinajstić information content (AvgIpc) is 2.55. The molecule has 0 aromatic heterocycles. The number of hydrogen-bond donors (Lipinski definition) is 3. The molecule has 1 atom stereocenters. The van der Waals surface area contributed by atoms with Gasteiger partial charge in [-0.05, 0) is 36.2 Å². The van der Waals surface area contributed by atoms with E-state index in [1.807, 2.05) is 31.2 Å². The lowest BCUT2D eigenvalue weighted by Gasteiger charge is -2.16. The van der Waals surface area contributed by atoms with E-state index in [0.717, 1.165) is 10.0 Å². The number of nitrogens with one attached hydrogen (secondary N) is 3. The van der Waals surface area contributed by atoms with E-state index in [0.29, 0.717) is 5.56 Å². The quantitative estimate of drug-likeness (QED) is 0.697. The van der Waals surface area contributed by atoms with Crippen LogP contribution in [0.3, 0.4) is 0 Å². The number of hydrazine groups is 1. The summed E-state index contributed by atoms with van der Waals surface area (Å²) in [5.74, 6) is -0.761. The molecule has 0 radical (unpaired) electrons. The summed E-state index contributed by atoms with van der Waals surface area (Å²) in [6.07, 6.45) is 0.0420. The van der Waals surface area contributed by atoms with Gasteiger partial charge in [0.05, 0.1) is 12.5 Å². The van der Waals surface area contributed by atoms with Gasteiger partial charge in [-0.15, -0.1) is 0 Å². The summed E-state index contributed by atoms with van der Waals surface area (Å²) >= 11 is 3.42. The van der Waals surface area contributed by atoms with E-state index in [1.54, 1.807) is 0 Å². The fourth-order valence-electron chi connectivity index (χ4n) is 2.10. The van der Waals surface area contributed by atoms with E-state index in [4.69, 9.17) is 0 Å². The van der Waals surface area contributed by atoms with Crippen LogP contribution in [0.2, 0.25) is 0 Å². The number of carbonyl (C=O) groups excluding carboxylic acids is 2. The summed E-state index contributed by atoms with van der Waals surface area (Å²) < 4.78 is 13.7. The molecule has 0 aliphatic rings. The molecule has 0 unspecified atom stereocenters. The van der Waals surface area contributed by atoms with Crippen molar-refractivity contribution in [3.8, 4) is 0 Å². The summed E-state index contributed by atoms with van der Waals surface area (Å²) in [6.45, 7) is 1.83. The molecule has 7 heteroatoms. The first-order valence-electron chi connectivity index (χ1n) is 7.30. The smallest absolute Gasteiger partial charge is 0.330 e. The fraction of sp³-hybridized carbons (Fsp3) is 0.176. The highest BCUT2D eigenvalue weighted by Crippen LogP contribution is 2.22. The average molecular weight is 394 g/mol. The van der Waals surface area contributed by atoms with Crippen LogP contribution in [0.4, 0.5) is 9.18 Å². The lowest BCUT2D eigenvalue weighted by molar-refractivity contribution is -0.121. The SMILES string of the molecule is C[C@H](NC(=O)NNC(=O)Cc1ccc(F)cc1)c1ccccc1Br. The van der Waals surface area contributed by atoms with Crippen LogP contribution in [-0.4, -0.2) is 11.9 Å². The first-order valence-corrected chi connectivity index (χ1v) is 8.09. The van der Waals surface area contributed by atoms with Crippen LogP contribution in [0, 0.1) is 5.82 Å². The van der Waals surface area contributed by atoms with Crippen LogP contribution in [0.15, 0.2) is 53.0 Å². The predicted octanol–water partition coefficient (Wildman–Crippen LogP) is 3.22. The van der Waals surface area contributed by atoms with E-state index in [-0.39, 0.29) is 18.3 Å². The summed E-state index contributed by atoms with van der Waals surface area (Å²) in [4.78, 5) is 23.6. The largest absolute Gasteiger partial charge is 0.333 e. The van der Waals surface area contributed by atoms with Crippen molar-refractivity contribution >= 4 is 27.9 Å². The van der Waals surface area contributed by atoms with Gasteiger partial charge in [0.15, 0.2) is 0 Å². The molecule has 5 nitrogen and oxygen atoms in total. The number of carbonyl (C=O) groups is 2. The van der Waals surface area contributed by atoms with Crippen molar-refractivity contribution in [3.05, 3.63) is 69.9 Å². The van der Waals surface area contributed by atoms with Crippen molar-refractivity contribution in [2.45, 2.75) is 19.4 Å². The van der Waals surface area contributed by atoms with Gasteiger partial charge in [0, 0.05) is 4.47 Å². The molecule has 0 aliphatic carbocycles. The molecular weight excluding hydrogens is 377 g/mol. The Morgan fingerprint density at radius 2 is 1.75 bits per heavy atom. The van der Waals surface area contributed by atoms with Gasteiger partial charge in [-0.25, -0.2) is 14.6 Å². The van der Waals surface area contributed by atoms with E-state index in [2.05, 4.69) is 32.1 Å². The Balaban J connectivity index is 1.79. The lowest BCUT2D eigenvalue weighted by atomic mass is 10.1. The third-order valence-corrected chi connectivity index (χ3v) is 4.03. The van der Waals surface area contributed by atoms with Crippen molar-refractivity contribution in [3.63, 3.8) is 0 Å². The number of hydrogen-bond acceptors (Lipinski definition) is 2. The molecule has 0 aliphatic heterocycles. The van der Waals surface area contributed by atoms with E-state index >= 15 is 0 Å². The first-order chi connectivity index (χ1) is 11.5. The second-order valence-electron chi connectivity index (χ2n) is 5.19. The summed E-state index contributed by atoms with van der Waals surface area (Å²) in [7, 11) is 0. The predicted molar refractivity (Wildman–Crippen MR) is 92.5 cm³/mol. The molecule has 3 amide bonds. The van der Waals surface area contributed by atoms with Crippen molar-refractivity contribution in [2.24, 2.45) is 0 Å². The second-order valence-corrected chi connectivity index (χ2v) is 6.05. The minimum Gasteiger partial charge on any atom is -0.330 e. The normalized spacial score (nSPS) is 11.5. The zero-order chi connectivity index (χ0) is 17.5. The maximum Gasteiger partial charge on any atom is 0.333 e. The number of amides is 3. The van der Waals surface area contributed by atoms with Crippen LogP contribution in [0.1, 0.15) is 24.1 Å². The molecule has 2 aromatic rings. The number of urea groups is 1. The third-order valence-electron chi connectivity index (χ3n) is 3.31. The van der Waals surface area contributed by atoms with Crippen molar-refractivity contribution in [1.29, 1.82) is 0 Å². The maximum absolute atomic E-state index is 12.8. The molecule has 0 saturated heterocycles. The molecule has 126 valence electrons. The Bertz CT molecular complexity index is 722. The monoisotopic (exact) mass is 393 g/mol. The van der Waals surface area contributed by atoms with Gasteiger partial charge in [0.1, 0.15) is 5.82 Å². The highest BCUT2D eigenvalue weighted by Gasteiger charge is 2.12. The van der Waals surface area contributed by atoms with Crippen molar-refractivity contribution < 1.29 is 14.0 Å². The van der Waals surface area contributed by atoms with Crippen LogP contribution in [-0.2, 0) is 11.2 Å². The summed E-state index contributed by atoms with van der Waals surface area (Å²) in [5.41, 5.74) is 6.18. The van der Waals surface area contributed by atoms with Crippen LogP contribution in [0.5, 0.6) is 0 Å². The Kier molecular flexibility index (Phi) is 6.31. The van der Waals surface area contributed by atoms with Crippen LogP contribution in [0.25, 0.3) is 0 Å². The number of benzene rings is 2. The highest BCUT2D eigenvalue weighted by molar-refractivity contribution is 9.10. The Labute approximate surface area is 147 Å². The van der Waals surface area contributed by atoms with Gasteiger partial charge in [-0.2, -0.15) is 0 Å². The highest BCUT2D eigenvalue weighted by atomic mass is 79.9. The Hall–Kier alpha value is -2.41. The minimum absolute atomic E-state index is 0.0420. The molecule has 0 saturated carbocycles. The standard InChI is InChI=1S/C17H17BrFN3O2/c1-11(14-4-2-3-5-15(14)18)20-17(24)22-21-16(23)10-12-6-8-13(19)9-7-12/h2-9,11H,10H2,1H3,(H,21,23)(H2,20,22,24)/t11-/m0/s1. The van der Waals surface area contributed by atoms with Gasteiger partial charge in [0.25, 0.3) is 0 Å². The zero-order valence-corrected chi connectivity index (χ0v) is 14.6. The summed E-state index contributed by atoms with van der Waals surface area (Å²) in [5, 5.41) is 2.72. The molecule has 0 bridgehead atoms. The van der Waals surface area contributed by atoms with Gasteiger partial charge in [-0.3, -0.25) is 10.2 Å². The lowest BCUT2D eigenvalue weighted by Crippen LogP contribution is -2.48. The number of halogens is 2. The molecule has 24 heavy (non-hydrogen) atoms. The van der Waals surface area contributed by atoms with Crippen LogP contribution < -0.4 is 16.2 Å². The van der Waals surface area contributed by atoms with Gasteiger partial charge in [0.2, 0.25) is 5.91 Å². The molecule has 2 aromatic carbocycles. The molecule has 2 rings (SSSR count). The van der Waals surface area contributed by atoms with Crippen molar-refractivity contribution in [1.82, 2.24) is 16.2 Å². The van der Waals surface area contributed by atoms with E-state index in [1.165, 1.54) is 24.3 Å². The molecule has 0 fully saturated rings. The third kappa shape index (κ3) is 5.34. The molecular formula is C17H17BrFN3O2. The Morgan fingerprint density at radius 3 is 2.42 bits per heavy atom. The zero-order valence-electron chi connectivity index (χ0n) is 13.0. The molecule has 3 N–H and O–H groups in total. The van der Waals surface area contributed by atoms with Gasteiger partial charge in [-0.1, -0.05) is 46.3 Å². The minimum atomic E-state index is -0.522. The van der Waals surface area contributed by atoms with Crippen LogP contribution >= 0.6 is 15.9 Å². The Morgan fingerprint density at radius 1 is 1.08 bits per heavy atom. The second kappa shape index (κ2) is 8.44. The summed E-state index contributed by atoms with van der Waals surface area (Å²) in [6, 6.07) is 12.4. The fourth-order valence-corrected chi connectivity index (χ4v) is 2.72. The molecule has 0 spiro atoms. The molecule has 0 heterocycles. The topological polar surface area (TPSA) is 70.2 Å². The first kappa shape index (κ1) is 17.9. The maximum atomic E-state index is 12.8. The van der Waals surface area contributed by atoms with Gasteiger partial charge >= 0.3 is 6.03 Å². The van der Waals surface area contributed by atoms with Gasteiger partial charge < -0.3 is 5.32 Å². The van der Waals surface area contributed by atoms with Crippen molar-refractivity contribution in [2.75, 3.05) is 0 Å². The number of rotatable bonds is 4.